The number of carbonyl (C=O) groups is 2. The summed E-state index contributed by atoms with van der Waals surface area (Å²) in [5.74, 6) is -0.353. The van der Waals surface area contributed by atoms with Gasteiger partial charge in [-0.2, -0.15) is 13.2 Å². The molecule has 46 heavy (non-hydrogen) atoms. The van der Waals surface area contributed by atoms with Crippen molar-refractivity contribution >= 4 is 11.8 Å². The molecule has 2 aromatic carbocycles. The van der Waals surface area contributed by atoms with Crippen LogP contribution in [0, 0.1) is 0 Å². The predicted molar refractivity (Wildman–Crippen MR) is 171 cm³/mol. The fraction of sp³-hybridized carbons (Fsp3) is 0.486. The fourth-order valence-electron chi connectivity index (χ4n) is 5.68. The van der Waals surface area contributed by atoms with Crippen LogP contribution in [-0.4, -0.2) is 73.5 Å². The molecule has 0 radical (unpaired) electrons. The maximum absolute atomic E-state index is 13.7. The number of aliphatic hydroxyl groups is 1. The van der Waals surface area contributed by atoms with E-state index in [1.165, 1.54) is 11.9 Å². The van der Waals surface area contributed by atoms with Crippen LogP contribution in [0.5, 0.6) is 5.75 Å². The van der Waals surface area contributed by atoms with Gasteiger partial charge in [0.15, 0.2) is 0 Å². The number of hydrogen-bond acceptors (Lipinski definition) is 6. The molecule has 3 rings (SSSR count). The van der Waals surface area contributed by atoms with E-state index in [-0.39, 0.29) is 38.0 Å². The second-order valence-corrected chi connectivity index (χ2v) is 11.5. The third kappa shape index (κ3) is 11.0. The van der Waals surface area contributed by atoms with Crippen molar-refractivity contribution < 1.29 is 37.3 Å². The van der Waals surface area contributed by atoms with Crippen LogP contribution >= 0.6 is 0 Å². The topological polar surface area (TPSA) is 100 Å². The highest BCUT2D eigenvalue weighted by atomic mass is 19.4. The van der Waals surface area contributed by atoms with Crippen molar-refractivity contribution in [3.63, 3.8) is 0 Å². The van der Waals surface area contributed by atoms with Gasteiger partial charge in [0.25, 0.3) is 0 Å². The highest BCUT2D eigenvalue weighted by Crippen LogP contribution is 2.42. The van der Waals surface area contributed by atoms with Crippen LogP contribution in [-0.2, 0) is 20.7 Å². The van der Waals surface area contributed by atoms with Crippen molar-refractivity contribution in [2.24, 2.45) is 0 Å². The number of carbonyl (C=O) groups excluding carboxylic acids is 2. The number of allylic oxidation sites excluding steroid dienone is 1. The molecule has 2 aromatic rings. The first-order valence-corrected chi connectivity index (χ1v) is 15.6. The standard InChI is InChI=1S/C35H46F3N3O5/c1-5-7-14-30(41(3)33(43)15-11-18-35(36,37)38)34(44)40-29(20-24-12-9-8-10-13-24)31(42)23-39-28-22-32(46-19-6-2)26-17-16-25(45-4)21-27(26)28/h5-6,8-10,12-13,16-17,21,28-32,39,42H,1-2,7,11,14-15,18-20,22-23H2,3-4H3,(H,40,44)/t28-,29-,30-,31-,32+/m0/s1. The van der Waals surface area contributed by atoms with Gasteiger partial charge in [-0.05, 0) is 60.9 Å². The molecule has 0 spiro atoms. The minimum Gasteiger partial charge on any atom is -0.497 e. The van der Waals surface area contributed by atoms with Crippen LogP contribution in [0.3, 0.4) is 0 Å². The van der Waals surface area contributed by atoms with Crippen LogP contribution < -0.4 is 15.4 Å². The Morgan fingerprint density at radius 1 is 1.13 bits per heavy atom. The number of likely N-dealkylation sites (N-methyl/N-ethyl adjacent to an activating group) is 1. The SMILES string of the molecule is C=CCC[C@@H](C(=O)N[C@@H](Cc1ccccc1)[C@@H](O)CN[C@H]1C[C@@H](OCC=C)c2ccc(OC)cc21)N(C)C(=O)CCCC(F)(F)F. The fourth-order valence-corrected chi connectivity index (χ4v) is 5.68. The number of aliphatic hydroxyl groups excluding tert-OH is 1. The van der Waals surface area contributed by atoms with Gasteiger partial charge in [-0.25, -0.2) is 0 Å². The van der Waals surface area contributed by atoms with Crippen molar-refractivity contribution in [1.82, 2.24) is 15.5 Å². The van der Waals surface area contributed by atoms with E-state index in [2.05, 4.69) is 23.8 Å². The maximum atomic E-state index is 13.7. The van der Waals surface area contributed by atoms with Crippen LogP contribution in [0.4, 0.5) is 13.2 Å². The number of benzene rings is 2. The van der Waals surface area contributed by atoms with Crippen molar-refractivity contribution in [2.45, 2.75) is 81.5 Å². The highest BCUT2D eigenvalue weighted by molar-refractivity contribution is 5.87. The molecule has 0 heterocycles. The molecule has 5 atom stereocenters. The van der Waals surface area contributed by atoms with Crippen LogP contribution in [0.15, 0.2) is 73.8 Å². The number of hydrogen-bond donors (Lipinski definition) is 3. The van der Waals surface area contributed by atoms with E-state index in [4.69, 9.17) is 9.47 Å². The summed E-state index contributed by atoms with van der Waals surface area (Å²) in [5, 5.41) is 17.9. The molecular formula is C35H46F3N3O5. The summed E-state index contributed by atoms with van der Waals surface area (Å²) in [5.41, 5.74) is 2.91. The van der Waals surface area contributed by atoms with Crippen molar-refractivity contribution in [3.8, 4) is 5.75 Å². The Morgan fingerprint density at radius 2 is 1.87 bits per heavy atom. The molecule has 1 aliphatic rings. The quantitative estimate of drug-likeness (QED) is 0.173. The summed E-state index contributed by atoms with van der Waals surface area (Å²) in [7, 11) is 3.02. The zero-order valence-corrected chi connectivity index (χ0v) is 26.6. The van der Waals surface area contributed by atoms with E-state index >= 15 is 0 Å². The van der Waals surface area contributed by atoms with Crippen molar-refractivity contribution in [1.29, 1.82) is 0 Å². The predicted octanol–water partition coefficient (Wildman–Crippen LogP) is 5.59. The lowest BCUT2D eigenvalue weighted by Crippen LogP contribution is -2.55. The van der Waals surface area contributed by atoms with E-state index in [0.29, 0.717) is 31.6 Å². The molecule has 0 saturated heterocycles. The molecule has 8 nitrogen and oxygen atoms in total. The molecule has 11 heteroatoms. The lowest BCUT2D eigenvalue weighted by molar-refractivity contribution is -0.144. The summed E-state index contributed by atoms with van der Waals surface area (Å²) >= 11 is 0. The second-order valence-electron chi connectivity index (χ2n) is 11.5. The molecule has 0 unspecified atom stereocenters. The molecule has 0 saturated carbocycles. The average Bonchev–Trinajstić information content (AvgIpc) is 3.38. The van der Waals surface area contributed by atoms with Gasteiger partial charge < -0.3 is 30.1 Å². The van der Waals surface area contributed by atoms with Gasteiger partial charge in [0, 0.05) is 32.5 Å². The maximum Gasteiger partial charge on any atom is 0.389 e. The molecule has 2 amide bonds. The zero-order valence-electron chi connectivity index (χ0n) is 26.6. The van der Waals surface area contributed by atoms with Crippen molar-refractivity contribution in [2.75, 3.05) is 27.3 Å². The van der Waals surface area contributed by atoms with E-state index in [1.54, 1.807) is 19.3 Å². The number of fused-ring (bicyclic) bond motifs is 1. The molecular weight excluding hydrogens is 599 g/mol. The summed E-state index contributed by atoms with van der Waals surface area (Å²) < 4.78 is 49.4. The van der Waals surface area contributed by atoms with E-state index in [0.717, 1.165) is 16.7 Å². The van der Waals surface area contributed by atoms with Gasteiger partial charge >= 0.3 is 6.18 Å². The molecule has 3 N–H and O–H groups in total. The largest absolute Gasteiger partial charge is 0.497 e. The van der Waals surface area contributed by atoms with E-state index < -0.39 is 42.6 Å². The Morgan fingerprint density at radius 3 is 2.52 bits per heavy atom. The van der Waals surface area contributed by atoms with E-state index in [1.807, 2.05) is 48.5 Å². The Balaban J connectivity index is 1.76. The minimum absolute atomic E-state index is 0.136. The molecule has 0 bridgehead atoms. The average molecular weight is 646 g/mol. The summed E-state index contributed by atoms with van der Waals surface area (Å²) in [6.07, 6.45) is -2.44. The molecule has 0 fully saturated rings. The first-order chi connectivity index (χ1) is 22.0. The van der Waals surface area contributed by atoms with Crippen LogP contribution in [0.1, 0.15) is 67.4 Å². The summed E-state index contributed by atoms with van der Waals surface area (Å²) in [6.45, 7) is 7.96. The summed E-state index contributed by atoms with van der Waals surface area (Å²) in [6, 6.07) is 13.4. The number of methoxy groups -OCH3 is 1. The number of nitrogens with one attached hydrogen (secondary N) is 2. The van der Waals surface area contributed by atoms with Crippen LogP contribution in [0.25, 0.3) is 0 Å². The minimum atomic E-state index is -4.36. The van der Waals surface area contributed by atoms with Gasteiger partial charge in [-0.1, -0.05) is 48.6 Å². The normalized spacial score (nSPS) is 17.8. The Hall–Kier alpha value is -3.67. The van der Waals surface area contributed by atoms with Crippen LogP contribution in [0.2, 0.25) is 0 Å². The number of alkyl halides is 3. The van der Waals surface area contributed by atoms with Gasteiger partial charge in [0.2, 0.25) is 11.8 Å². The molecule has 1 aliphatic carbocycles. The Labute approximate surface area is 269 Å². The lowest BCUT2D eigenvalue weighted by Gasteiger charge is -2.31. The first-order valence-electron chi connectivity index (χ1n) is 15.6. The van der Waals surface area contributed by atoms with Gasteiger partial charge in [-0.15, -0.1) is 13.2 Å². The number of halogens is 3. The number of nitrogens with zero attached hydrogens (tertiary/aromatic N) is 1. The Bertz CT molecular complexity index is 1290. The number of amides is 2. The zero-order chi connectivity index (χ0) is 33.7. The third-order valence-corrected chi connectivity index (χ3v) is 8.20. The van der Waals surface area contributed by atoms with Gasteiger partial charge in [0.1, 0.15) is 11.8 Å². The number of ether oxygens (including phenoxy) is 2. The monoisotopic (exact) mass is 645 g/mol. The highest BCUT2D eigenvalue weighted by Gasteiger charge is 2.34. The molecule has 0 aliphatic heterocycles. The molecule has 252 valence electrons. The van der Waals surface area contributed by atoms with E-state index in [9.17, 15) is 27.9 Å². The van der Waals surface area contributed by atoms with Gasteiger partial charge in [-0.3, -0.25) is 9.59 Å². The first kappa shape index (κ1) is 36.8. The summed E-state index contributed by atoms with van der Waals surface area (Å²) in [4.78, 5) is 27.7. The van der Waals surface area contributed by atoms with Crippen molar-refractivity contribution in [3.05, 3.63) is 90.5 Å². The van der Waals surface area contributed by atoms with Gasteiger partial charge in [0.05, 0.1) is 32.0 Å². The second kappa shape index (κ2) is 17.9. The lowest BCUT2D eigenvalue weighted by atomic mass is 9.99. The molecule has 0 aromatic heterocycles. The Kier molecular flexibility index (Phi) is 14.3. The smallest absolute Gasteiger partial charge is 0.389 e. The number of rotatable bonds is 19. The third-order valence-electron chi connectivity index (χ3n) is 8.20.